The third kappa shape index (κ3) is 2.42. The van der Waals surface area contributed by atoms with Crippen LogP contribution in [0.4, 0.5) is 0 Å². The fourth-order valence-electron chi connectivity index (χ4n) is 6.10. The van der Waals surface area contributed by atoms with Crippen molar-refractivity contribution in [3.8, 4) is 0 Å². The van der Waals surface area contributed by atoms with E-state index in [1.807, 2.05) is 47.0 Å². The summed E-state index contributed by atoms with van der Waals surface area (Å²) >= 11 is 0. The summed E-state index contributed by atoms with van der Waals surface area (Å²) in [5.41, 5.74) is 5.21. The Balaban J connectivity index is 1.70. The molecule has 1 fully saturated rings. The van der Waals surface area contributed by atoms with Gasteiger partial charge in [-0.1, -0.05) is 36.4 Å². The number of nitrogens with zero attached hydrogens (tertiary/aromatic N) is 1. The first-order chi connectivity index (χ1) is 16.5. The Bertz CT molecular complexity index is 1650. The Labute approximate surface area is 194 Å². The quantitative estimate of drug-likeness (QED) is 0.309. The van der Waals surface area contributed by atoms with Crippen LogP contribution in [0, 0.1) is 0 Å². The fraction of sp³-hybridized carbons (Fsp3) is 0.296. The molecule has 3 heterocycles. The maximum absolute atomic E-state index is 13.2. The fourth-order valence-corrected chi connectivity index (χ4v) is 6.10. The number of carbonyl (C=O) groups is 1. The third-order valence-corrected chi connectivity index (χ3v) is 7.67. The number of nitrogens with one attached hydrogen (secondary N) is 1. The van der Waals surface area contributed by atoms with Crippen LogP contribution in [0.2, 0.25) is 0 Å². The van der Waals surface area contributed by atoms with Crippen LogP contribution in [0.3, 0.4) is 0 Å². The van der Waals surface area contributed by atoms with E-state index in [1.54, 1.807) is 6.92 Å². The molecule has 2 aliphatic rings. The Kier molecular flexibility index (Phi) is 4.09. The number of ether oxygens (including phenoxy) is 1. The molecule has 0 unspecified atom stereocenters. The van der Waals surface area contributed by atoms with Crippen LogP contribution in [0.25, 0.3) is 43.6 Å². The first kappa shape index (κ1) is 20.2. The van der Waals surface area contributed by atoms with E-state index in [-0.39, 0.29) is 5.78 Å². The van der Waals surface area contributed by atoms with Crippen LogP contribution in [0.15, 0.2) is 48.5 Å². The normalized spacial score (nSPS) is 27.4. The van der Waals surface area contributed by atoms with Gasteiger partial charge in [-0.25, -0.2) is 0 Å². The van der Waals surface area contributed by atoms with Crippen LogP contribution in [-0.4, -0.2) is 55.1 Å². The SMILES string of the molecule is C[C@@H]1O[C@@H](n2c3ccccc3c3c4c(c5c6ccccc6[nH]c5c32)CCC4=O)[C@H](O)[C@H](O)[C@H]1O. The highest BCUT2D eigenvalue weighted by Gasteiger charge is 2.44. The van der Waals surface area contributed by atoms with Gasteiger partial charge in [0.25, 0.3) is 0 Å². The number of rotatable bonds is 1. The number of benzene rings is 3. The van der Waals surface area contributed by atoms with Crippen LogP contribution >= 0.6 is 0 Å². The van der Waals surface area contributed by atoms with Gasteiger partial charge in [0.15, 0.2) is 12.0 Å². The number of aromatic amines is 1. The largest absolute Gasteiger partial charge is 0.388 e. The summed E-state index contributed by atoms with van der Waals surface area (Å²) in [6.45, 7) is 1.68. The number of fused-ring (bicyclic) bond motifs is 10. The summed E-state index contributed by atoms with van der Waals surface area (Å²) in [4.78, 5) is 16.8. The molecule has 7 heteroatoms. The summed E-state index contributed by atoms with van der Waals surface area (Å²) in [5, 5.41) is 35.7. The first-order valence-electron chi connectivity index (χ1n) is 11.7. The minimum Gasteiger partial charge on any atom is -0.388 e. The van der Waals surface area contributed by atoms with E-state index in [1.165, 1.54) is 0 Å². The van der Waals surface area contributed by atoms with Gasteiger partial charge in [0.05, 0.1) is 22.7 Å². The molecule has 0 bridgehead atoms. The second kappa shape index (κ2) is 6.90. The molecule has 1 aliphatic heterocycles. The van der Waals surface area contributed by atoms with Crippen molar-refractivity contribution in [2.75, 3.05) is 0 Å². The minimum absolute atomic E-state index is 0.115. The van der Waals surface area contributed by atoms with Gasteiger partial charge in [0.1, 0.15) is 18.3 Å². The van der Waals surface area contributed by atoms with E-state index in [0.29, 0.717) is 12.8 Å². The molecule has 0 spiro atoms. The molecule has 5 atom stereocenters. The van der Waals surface area contributed by atoms with Crippen molar-refractivity contribution in [3.63, 3.8) is 0 Å². The molecule has 5 aromatic rings. The lowest BCUT2D eigenvalue weighted by Gasteiger charge is -2.40. The van der Waals surface area contributed by atoms with Crippen LogP contribution in [0.5, 0.6) is 0 Å². The average Bonchev–Trinajstić information content (AvgIpc) is 3.51. The highest BCUT2D eigenvalue weighted by Crippen LogP contribution is 2.47. The topological polar surface area (TPSA) is 108 Å². The lowest BCUT2D eigenvalue weighted by Crippen LogP contribution is -2.54. The summed E-state index contributed by atoms with van der Waals surface area (Å²) in [6, 6.07) is 15.8. The third-order valence-electron chi connectivity index (χ3n) is 7.67. The number of ketones is 1. The predicted molar refractivity (Wildman–Crippen MR) is 129 cm³/mol. The van der Waals surface area contributed by atoms with Crippen LogP contribution in [0.1, 0.15) is 35.5 Å². The zero-order valence-electron chi connectivity index (χ0n) is 18.5. The summed E-state index contributed by atoms with van der Waals surface area (Å²) in [7, 11) is 0. The molecule has 0 radical (unpaired) electrons. The molecule has 1 saturated heterocycles. The predicted octanol–water partition coefficient (Wildman–Crippen LogP) is 3.56. The van der Waals surface area contributed by atoms with Crippen molar-refractivity contribution in [2.24, 2.45) is 0 Å². The number of hydrogen-bond donors (Lipinski definition) is 4. The van der Waals surface area contributed by atoms with Crippen molar-refractivity contribution in [1.29, 1.82) is 0 Å². The first-order valence-corrected chi connectivity index (χ1v) is 11.7. The van der Waals surface area contributed by atoms with Crippen LogP contribution < -0.4 is 0 Å². The second-order valence-corrected chi connectivity index (χ2v) is 9.51. The van der Waals surface area contributed by atoms with Crippen molar-refractivity contribution in [2.45, 2.75) is 50.4 Å². The molecule has 7 nitrogen and oxygen atoms in total. The Morgan fingerprint density at radius 3 is 2.47 bits per heavy atom. The number of H-pyrrole nitrogens is 1. The second-order valence-electron chi connectivity index (χ2n) is 9.51. The zero-order valence-corrected chi connectivity index (χ0v) is 18.5. The molecule has 0 amide bonds. The molecule has 3 aromatic carbocycles. The highest BCUT2D eigenvalue weighted by atomic mass is 16.5. The van der Waals surface area contributed by atoms with Gasteiger partial charge in [-0.2, -0.15) is 0 Å². The van der Waals surface area contributed by atoms with Gasteiger partial charge in [-0.05, 0) is 31.0 Å². The summed E-state index contributed by atoms with van der Waals surface area (Å²) in [5.74, 6) is 0.115. The van der Waals surface area contributed by atoms with E-state index in [4.69, 9.17) is 4.74 Å². The molecule has 0 saturated carbocycles. The molecule has 172 valence electrons. The van der Waals surface area contributed by atoms with Crippen molar-refractivity contribution >= 4 is 49.4 Å². The average molecular weight is 456 g/mol. The molecule has 2 aromatic heterocycles. The molecule has 7 rings (SSSR count). The van der Waals surface area contributed by atoms with Gasteiger partial charge < -0.3 is 29.6 Å². The Hall–Kier alpha value is -3.23. The highest BCUT2D eigenvalue weighted by molar-refractivity contribution is 6.30. The number of hydrogen-bond acceptors (Lipinski definition) is 5. The minimum atomic E-state index is -1.36. The lowest BCUT2D eigenvalue weighted by molar-refractivity contribution is -0.238. The number of aliphatic hydroxyl groups is 3. The van der Waals surface area contributed by atoms with Crippen molar-refractivity contribution in [3.05, 3.63) is 59.7 Å². The van der Waals surface area contributed by atoms with Gasteiger partial charge in [0, 0.05) is 39.0 Å². The van der Waals surface area contributed by atoms with Crippen molar-refractivity contribution in [1.82, 2.24) is 9.55 Å². The standard InChI is InChI=1S/C27H24N2O5/c1-12-24(31)25(32)26(33)27(34-12)29-17-9-5-3-7-14(17)21-20-15(10-11-18(20)30)19-13-6-2-4-8-16(13)28-22(19)23(21)29/h2-9,12,24-28,31-33H,10-11H2,1H3/t12-,24-,25+,26+,27+/m0/s1. The molecule has 1 aliphatic carbocycles. The van der Waals surface area contributed by atoms with Gasteiger partial charge >= 0.3 is 0 Å². The lowest BCUT2D eigenvalue weighted by atomic mass is 9.96. The molecular formula is C27H24N2O5. The number of carbonyl (C=O) groups excluding carboxylic acids is 1. The monoisotopic (exact) mass is 456 g/mol. The van der Waals surface area contributed by atoms with E-state index in [0.717, 1.165) is 54.7 Å². The number of para-hydroxylation sites is 2. The van der Waals surface area contributed by atoms with E-state index >= 15 is 0 Å². The van der Waals surface area contributed by atoms with Gasteiger partial charge in [-0.15, -0.1) is 0 Å². The van der Waals surface area contributed by atoms with E-state index in [2.05, 4.69) is 11.1 Å². The smallest absolute Gasteiger partial charge is 0.164 e. The van der Waals surface area contributed by atoms with E-state index < -0.39 is 30.6 Å². The van der Waals surface area contributed by atoms with Gasteiger partial charge in [-0.3, -0.25) is 4.79 Å². The Morgan fingerprint density at radius 1 is 0.912 bits per heavy atom. The van der Waals surface area contributed by atoms with Crippen LogP contribution in [-0.2, 0) is 11.2 Å². The molecule has 4 N–H and O–H groups in total. The maximum Gasteiger partial charge on any atom is 0.164 e. The number of aliphatic hydroxyl groups excluding tert-OH is 3. The molecular weight excluding hydrogens is 432 g/mol. The number of Topliss-reactive ketones (excluding diaryl/α,β-unsaturated/α-hetero) is 1. The maximum atomic E-state index is 13.2. The summed E-state index contributed by atoms with van der Waals surface area (Å²) in [6.07, 6.45) is -4.39. The summed E-state index contributed by atoms with van der Waals surface area (Å²) < 4.78 is 8.01. The Morgan fingerprint density at radius 2 is 1.65 bits per heavy atom. The number of aryl methyl sites for hydroxylation is 1. The molecule has 34 heavy (non-hydrogen) atoms. The zero-order chi connectivity index (χ0) is 23.3. The number of aromatic nitrogens is 2. The van der Waals surface area contributed by atoms with Crippen molar-refractivity contribution < 1.29 is 24.9 Å². The van der Waals surface area contributed by atoms with E-state index in [9.17, 15) is 20.1 Å². The van der Waals surface area contributed by atoms with Gasteiger partial charge in [0.2, 0.25) is 0 Å².